The van der Waals surface area contributed by atoms with Gasteiger partial charge in [-0.2, -0.15) is 23.5 Å². The summed E-state index contributed by atoms with van der Waals surface area (Å²) in [4.78, 5) is 11.5. The molecule has 1 N–H and O–H groups in total. The summed E-state index contributed by atoms with van der Waals surface area (Å²) in [6.07, 6.45) is -4.76. The molecule has 8 heteroatoms. The Morgan fingerprint density at radius 2 is 1.89 bits per heavy atom. The number of hydrogen-bond acceptors (Lipinski definition) is 4. The van der Waals surface area contributed by atoms with Gasteiger partial charge in [0.15, 0.2) is 0 Å². The molecule has 0 amide bonds. The van der Waals surface area contributed by atoms with Crippen LogP contribution in [0.25, 0.3) is 0 Å². The van der Waals surface area contributed by atoms with Gasteiger partial charge in [0.1, 0.15) is 6.61 Å². The highest BCUT2D eigenvalue weighted by Crippen LogP contribution is 2.29. The van der Waals surface area contributed by atoms with Crippen molar-refractivity contribution < 1.29 is 22.7 Å². The fourth-order valence-electron chi connectivity index (χ4n) is 1.36. The standard InChI is InChI=1S/C11H8F3N3O2/c12-11(13,14)9-8(15-17-16-9)10(18)19-6-7-4-2-1-3-5-7/h1-5H,6H2,(H,15,16,17). The number of benzene rings is 1. The Hall–Kier alpha value is -2.38. The van der Waals surface area contributed by atoms with Crippen LogP contribution in [0.15, 0.2) is 30.3 Å². The van der Waals surface area contributed by atoms with Crippen LogP contribution in [-0.4, -0.2) is 21.4 Å². The number of aromatic amines is 1. The second kappa shape index (κ2) is 5.09. The van der Waals surface area contributed by atoms with E-state index in [-0.39, 0.29) is 6.61 Å². The zero-order valence-corrected chi connectivity index (χ0v) is 9.44. The van der Waals surface area contributed by atoms with Crippen LogP contribution in [0.5, 0.6) is 0 Å². The molecule has 0 bridgehead atoms. The van der Waals surface area contributed by atoms with Gasteiger partial charge in [-0.1, -0.05) is 30.3 Å². The van der Waals surface area contributed by atoms with E-state index in [1.54, 1.807) is 35.5 Å². The van der Waals surface area contributed by atoms with E-state index in [2.05, 4.69) is 10.2 Å². The first-order valence-electron chi connectivity index (χ1n) is 5.17. The van der Waals surface area contributed by atoms with Crippen molar-refractivity contribution in [2.75, 3.05) is 0 Å². The highest BCUT2D eigenvalue weighted by Gasteiger charge is 2.40. The van der Waals surface area contributed by atoms with Crippen molar-refractivity contribution in [3.8, 4) is 0 Å². The Morgan fingerprint density at radius 3 is 2.53 bits per heavy atom. The summed E-state index contributed by atoms with van der Waals surface area (Å²) >= 11 is 0. The smallest absolute Gasteiger partial charge is 0.437 e. The predicted octanol–water partition coefficient (Wildman–Crippen LogP) is 2.18. The molecular formula is C11H8F3N3O2. The van der Waals surface area contributed by atoms with E-state index < -0.39 is 23.5 Å². The third kappa shape index (κ3) is 3.09. The van der Waals surface area contributed by atoms with E-state index in [1.807, 2.05) is 0 Å². The van der Waals surface area contributed by atoms with E-state index in [1.165, 1.54) is 0 Å². The SMILES string of the molecule is O=C(OCc1ccccc1)c1n[nH]nc1C(F)(F)F. The van der Waals surface area contributed by atoms with Crippen molar-refractivity contribution >= 4 is 5.97 Å². The average Bonchev–Trinajstić information content (AvgIpc) is 2.86. The van der Waals surface area contributed by atoms with Gasteiger partial charge in [-0.15, -0.1) is 5.10 Å². The Balaban J connectivity index is 2.07. The maximum atomic E-state index is 12.5. The molecule has 0 aliphatic rings. The summed E-state index contributed by atoms with van der Waals surface area (Å²) in [5, 5.41) is 7.83. The second-order valence-electron chi connectivity index (χ2n) is 3.58. The highest BCUT2D eigenvalue weighted by atomic mass is 19.4. The Kier molecular flexibility index (Phi) is 3.50. The molecule has 0 saturated heterocycles. The molecule has 5 nitrogen and oxygen atoms in total. The predicted molar refractivity (Wildman–Crippen MR) is 56.9 cm³/mol. The minimum Gasteiger partial charge on any atom is -0.456 e. The summed E-state index contributed by atoms with van der Waals surface area (Å²) in [7, 11) is 0. The largest absolute Gasteiger partial charge is 0.456 e. The first kappa shape index (κ1) is 13.1. The number of rotatable bonds is 3. The summed E-state index contributed by atoms with van der Waals surface area (Å²) < 4.78 is 42.2. The highest BCUT2D eigenvalue weighted by molar-refractivity contribution is 5.88. The molecule has 1 heterocycles. The van der Waals surface area contributed by atoms with E-state index in [0.29, 0.717) is 5.56 Å². The number of alkyl halides is 3. The quantitative estimate of drug-likeness (QED) is 0.869. The van der Waals surface area contributed by atoms with Crippen molar-refractivity contribution in [2.45, 2.75) is 12.8 Å². The zero-order valence-electron chi connectivity index (χ0n) is 9.44. The number of halogens is 3. The van der Waals surface area contributed by atoms with Gasteiger partial charge in [-0.3, -0.25) is 0 Å². The van der Waals surface area contributed by atoms with Crippen LogP contribution in [0.1, 0.15) is 21.7 Å². The topological polar surface area (TPSA) is 67.9 Å². The summed E-state index contributed by atoms with van der Waals surface area (Å²) in [5.41, 5.74) is -1.60. The summed E-state index contributed by atoms with van der Waals surface area (Å²) in [6, 6.07) is 8.58. The van der Waals surface area contributed by atoms with Gasteiger partial charge < -0.3 is 4.74 Å². The van der Waals surface area contributed by atoms with Gasteiger partial charge in [0.2, 0.25) is 11.4 Å². The van der Waals surface area contributed by atoms with Crippen LogP contribution < -0.4 is 0 Å². The third-order valence-corrected chi connectivity index (χ3v) is 2.22. The average molecular weight is 271 g/mol. The first-order valence-corrected chi connectivity index (χ1v) is 5.17. The van der Waals surface area contributed by atoms with Crippen LogP contribution in [0.3, 0.4) is 0 Å². The third-order valence-electron chi connectivity index (χ3n) is 2.22. The van der Waals surface area contributed by atoms with Crippen LogP contribution in [0.4, 0.5) is 13.2 Å². The zero-order chi connectivity index (χ0) is 13.9. The number of nitrogens with one attached hydrogen (secondary N) is 1. The lowest BCUT2D eigenvalue weighted by Crippen LogP contribution is -2.15. The number of aromatic nitrogens is 3. The molecule has 0 aliphatic carbocycles. The number of carbonyl (C=O) groups is 1. The van der Waals surface area contributed by atoms with Crippen LogP contribution in [0.2, 0.25) is 0 Å². The molecule has 0 fully saturated rings. The van der Waals surface area contributed by atoms with E-state index in [4.69, 9.17) is 4.74 Å². The number of nitrogens with zero attached hydrogens (tertiary/aromatic N) is 2. The minimum absolute atomic E-state index is 0.135. The molecule has 2 aromatic rings. The van der Waals surface area contributed by atoms with Crippen molar-refractivity contribution in [3.05, 3.63) is 47.3 Å². The van der Waals surface area contributed by atoms with Crippen molar-refractivity contribution in [1.82, 2.24) is 15.4 Å². The van der Waals surface area contributed by atoms with Gasteiger partial charge in [0, 0.05) is 0 Å². The Bertz CT molecular complexity index is 566. The van der Waals surface area contributed by atoms with Gasteiger partial charge in [0.05, 0.1) is 0 Å². The number of esters is 1. The maximum absolute atomic E-state index is 12.5. The van der Waals surface area contributed by atoms with Crippen molar-refractivity contribution in [3.63, 3.8) is 0 Å². The lowest BCUT2D eigenvalue weighted by Gasteiger charge is -2.05. The van der Waals surface area contributed by atoms with E-state index in [9.17, 15) is 18.0 Å². The fraction of sp³-hybridized carbons (Fsp3) is 0.182. The second-order valence-corrected chi connectivity index (χ2v) is 3.58. The van der Waals surface area contributed by atoms with Gasteiger partial charge >= 0.3 is 12.1 Å². The molecule has 19 heavy (non-hydrogen) atoms. The van der Waals surface area contributed by atoms with Crippen LogP contribution in [0, 0.1) is 0 Å². The maximum Gasteiger partial charge on any atom is 0.437 e. The molecule has 0 radical (unpaired) electrons. The minimum atomic E-state index is -4.76. The molecule has 100 valence electrons. The molecule has 0 saturated carbocycles. The monoisotopic (exact) mass is 271 g/mol. The normalized spacial score (nSPS) is 11.3. The molecule has 2 rings (SSSR count). The lowest BCUT2D eigenvalue weighted by atomic mass is 10.2. The van der Waals surface area contributed by atoms with Crippen LogP contribution in [-0.2, 0) is 17.5 Å². The van der Waals surface area contributed by atoms with Gasteiger partial charge in [-0.25, -0.2) is 4.79 Å². The number of H-pyrrole nitrogens is 1. The molecule has 0 aliphatic heterocycles. The van der Waals surface area contributed by atoms with E-state index >= 15 is 0 Å². The summed E-state index contributed by atoms with van der Waals surface area (Å²) in [5.74, 6) is -1.18. The number of ether oxygens (including phenoxy) is 1. The van der Waals surface area contributed by atoms with Crippen LogP contribution >= 0.6 is 0 Å². The lowest BCUT2D eigenvalue weighted by molar-refractivity contribution is -0.141. The van der Waals surface area contributed by atoms with Gasteiger partial charge in [-0.05, 0) is 5.56 Å². The number of hydrogen-bond donors (Lipinski definition) is 1. The molecular weight excluding hydrogens is 263 g/mol. The Labute approximate surface area is 105 Å². The van der Waals surface area contributed by atoms with Crippen molar-refractivity contribution in [2.24, 2.45) is 0 Å². The first-order chi connectivity index (χ1) is 8.98. The van der Waals surface area contributed by atoms with Crippen molar-refractivity contribution in [1.29, 1.82) is 0 Å². The number of carbonyl (C=O) groups excluding carboxylic acids is 1. The molecule has 0 atom stereocenters. The molecule has 0 spiro atoms. The summed E-state index contributed by atoms with van der Waals surface area (Å²) in [6.45, 7) is -0.135. The Morgan fingerprint density at radius 1 is 1.21 bits per heavy atom. The molecule has 1 aromatic carbocycles. The molecule has 0 unspecified atom stereocenters. The van der Waals surface area contributed by atoms with Gasteiger partial charge in [0.25, 0.3) is 0 Å². The fourth-order valence-corrected chi connectivity index (χ4v) is 1.36. The molecule has 1 aromatic heterocycles. The van der Waals surface area contributed by atoms with E-state index in [0.717, 1.165) is 0 Å².